The van der Waals surface area contributed by atoms with Gasteiger partial charge in [0.25, 0.3) is 0 Å². The third kappa shape index (κ3) is 5.73. The van der Waals surface area contributed by atoms with Crippen LogP contribution in [0, 0.1) is 0 Å². The van der Waals surface area contributed by atoms with Crippen LogP contribution < -0.4 is 0 Å². The second-order valence-electron chi connectivity index (χ2n) is 4.82. The van der Waals surface area contributed by atoms with Crippen LogP contribution >= 0.6 is 0 Å². The maximum Gasteiger partial charge on any atom is 0.410 e. The second kappa shape index (κ2) is 8.19. The number of ether oxygens (including phenoxy) is 1. The van der Waals surface area contributed by atoms with Crippen LogP contribution in [0.4, 0.5) is 4.79 Å². The lowest BCUT2D eigenvalue weighted by molar-refractivity contribution is -0.137. The zero-order valence-electron chi connectivity index (χ0n) is 11.9. The molecule has 0 bridgehead atoms. The quantitative estimate of drug-likeness (QED) is 0.833. The summed E-state index contributed by atoms with van der Waals surface area (Å²) in [7, 11) is 0. The Morgan fingerprint density at radius 3 is 2.45 bits per heavy atom. The summed E-state index contributed by atoms with van der Waals surface area (Å²) in [6.45, 7) is 4.37. The molecule has 1 aromatic carbocycles. The van der Waals surface area contributed by atoms with Crippen LogP contribution in [0.5, 0.6) is 0 Å². The molecule has 5 nitrogen and oxygen atoms in total. The van der Waals surface area contributed by atoms with Gasteiger partial charge in [-0.1, -0.05) is 30.3 Å². The molecule has 0 heterocycles. The molecule has 20 heavy (non-hydrogen) atoms. The molecule has 5 heteroatoms. The number of hydrogen-bond donors (Lipinski definition) is 1. The maximum absolute atomic E-state index is 12.0. The number of nitrogens with zero attached hydrogens (tertiary/aromatic N) is 1. The Hall–Kier alpha value is -2.04. The van der Waals surface area contributed by atoms with Crippen molar-refractivity contribution in [1.82, 2.24) is 4.90 Å². The predicted octanol–water partition coefficient (Wildman–Crippen LogP) is 2.90. The van der Waals surface area contributed by atoms with E-state index < -0.39 is 12.1 Å². The highest BCUT2D eigenvalue weighted by Crippen LogP contribution is 2.07. The molecule has 0 fully saturated rings. The van der Waals surface area contributed by atoms with Crippen LogP contribution in [0.2, 0.25) is 0 Å². The number of amides is 1. The molecule has 0 unspecified atom stereocenters. The van der Waals surface area contributed by atoms with E-state index in [-0.39, 0.29) is 19.1 Å². The van der Waals surface area contributed by atoms with Crippen LogP contribution in [0.15, 0.2) is 30.3 Å². The molecule has 1 rings (SSSR count). The fraction of sp³-hybridized carbons (Fsp3) is 0.467. The molecule has 1 N–H and O–H groups in total. The number of aliphatic carboxylic acids is 1. The summed E-state index contributed by atoms with van der Waals surface area (Å²) < 4.78 is 5.25. The van der Waals surface area contributed by atoms with Gasteiger partial charge in [0, 0.05) is 19.0 Å². The van der Waals surface area contributed by atoms with E-state index in [0.29, 0.717) is 13.0 Å². The van der Waals surface area contributed by atoms with Gasteiger partial charge in [-0.2, -0.15) is 0 Å². The van der Waals surface area contributed by atoms with Crippen molar-refractivity contribution in [3.05, 3.63) is 35.9 Å². The monoisotopic (exact) mass is 279 g/mol. The van der Waals surface area contributed by atoms with E-state index in [0.717, 1.165) is 5.56 Å². The number of benzene rings is 1. The van der Waals surface area contributed by atoms with Crippen LogP contribution in [-0.4, -0.2) is 34.7 Å². The van der Waals surface area contributed by atoms with Crippen LogP contribution in [0.3, 0.4) is 0 Å². The summed E-state index contributed by atoms with van der Waals surface area (Å²) in [6, 6.07) is 9.42. The first-order valence-electron chi connectivity index (χ1n) is 6.70. The topological polar surface area (TPSA) is 66.8 Å². The molecule has 0 saturated heterocycles. The van der Waals surface area contributed by atoms with Gasteiger partial charge in [0.2, 0.25) is 0 Å². The lowest BCUT2D eigenvalue weighted by Gasteiger charge is -2.25. The fourth-order valence-electron chi connectivity index (χ4n) is 1.76. The minimum Gasteiger partial charge on any atom is -0.481 e. The first-order chi connectivity index (χ1) is 9.50. The largest absolute Gasteiger partial charge is 0.481 e. The third-order valence-corrected chi connectivity index (χ3v) is 2.85. The zero-order chi connectivity index (χ0) is 15.0. The second-order valence-corrected chi connectivity index (χ2v) is 4.82. The van der Waals surface area contributed by atoms with Gasteiger partial charge in [0.1, 0.15) is 6.61 Å². The van der Waals surface area contributed by atoms with Crippen LogP contribution in [-0.2, 0) is 16.1 Å². The van der Waals surface area contributed by atoms with Gasteiger partial charge >= 0.3 is 12.1 Å². The Labute approximate surface area is 119 Å². The molecular weight excluding hydrogens is 258 g/mol. The van der Waals surface area contributed by atoms with Crippen molar-refractivity contribution < 1.29 is 19.4 Å². The number of carbonyl (C=O) groups is 2. The number of carbonyl (C=O) groups excluding carboxylic acids is 1. The van der Waals surface area contributed by atoms with Gasteiger partial charge in [-0.15, -0.1) is 0 Å². The number of carboxylic acids is 1. The Kier molecular flexibility index (Phi) is 6.56. The molecule has 0 radical (unpaired) electrons. The molecule has 1 amide bonds. The number of carboxylic acid groups (broad SMARTS) is 1. The van der Waals surface area contributed by atoms with E-state index >= 15 is 0 Å². The minimum atomic E-state index is -0.855. The van der Waals surface area contributed by atoms with Crippen molar-refractivity contribution in [3.8, 4) is 0 Å². The molecule has 1 aromatic rings. The van der Waals surface area contributed by atoms with E-state index in [1.807, 2.05) is 44.2 Å². The van der Waals surface area contributed by atoms with Crippen molar-refractivity contribution in [2.75, 3.05) is 6.54 Å². The average molecular weight is 279 g/mol. The molecule has 0 aliphatic carbocycles. The highest BCUT2D eigenvalue weighted by molar-refractivity contribution is 5.68. The lowest BCUT2D eigenvalue weighted by Crippen LogP contribution is -2.38. The minimum absolute atomic E-state index is 0.0212. The molecule has 0 atom stereocenters. The molecular formula is C15H21NO4. The van der Waals surface area contributed by atoms with Crippen molar-refractivity contribution in [3.63, 3.8) is 0 Å². The fourth-order valence-corrected chi connectivity index (χ4v) is 1.76. The summed E-state index contributed by atoms with van der Waals surface area (Å²) in [5, 5.41) is 8.62. The lowest BCUT2D eigenvalue weighted by atomic mass is 10.2. The van der Waals surface area contributed by atoms with E-state index in [1.165, 1.54) is 0 Å². The van der Waals surface area contributed by atoms with Gasteiger partial charge in [-0.05, 0) is 25.8 Å². The van der Waals surface area contributed by atoms with Gasteiger partial charge in [0.05, 0.1) is 0 Å². The molecule has 0 spiro atoms. The van der Waals surface area contributed by atoms with Crippen molar-refractivity contribution in [1.29, 1.82) is 0 Å². The first-order valence-corrected chi connectivity index (χ1v) is 6.70. The highest BCUT2D eigenvalue weighted by Gasteiger charge is 2.18. The third-order valence-electron chi connectivity index (χ3n) is 2.85. The summed E-state index contributed by atoms with van der Waals surface area (Å²) in [5.74, 6) is -0.855. The average Bonchev–Trinajstić information content (AvgIpc) is 2.41. The Morgan fingerprint density at radius 1 is 1.25 bits per heavy atom. The molecule has 0 aliphatic heterocycles. The van der Waals surface area contributed by atoms with E-state index in [9.17, 15) is 9.59 Å². The van der Waals surface area contributed by atoms with Crippen molar-refractivity contribution in [2.24, 2.45) is 0 Å². The number of hydrogen-bond acceptors (Lipinski definition) is 3. The molecule has 110 valence electrons. The Morgan fingerprint density at radius 2 is 1.90 bits per heavy atom. The van der Waals surface area contributed by atoms with Crippen LogP contribution in [0.1, 0.15) is 32.3 Å². The first kappa shape index (κ1) is 16.0. The van der Waals surface area contributed by atoms with Gasteiger partial charge in [0.15, 0.2) is 0 Å². The van der Waals surface area contributed by atoms with Crippen molar-refractivity contribution >= 4 is 12.1 Å². The van der Waals surface area contributed by atoms with Gasteiger partial charge in [-0.25, -0.2) is 4.79 Å². The van der Waals surface area contributed by atoms with E-state index in [1.54, 1.807) is 4.90 Å². The maximum atomic E-state index is 12.0. The highest BCUT2D eigenvalue weighted by atomic mass is 16.6. The smallest absolute Gasteiger partial charge is 0.410 e. The summed E-state index contributed by atoms with van der Waals surface area (Å²) >= 11 is 0. The molecule has 0 saturated carbocycles. The van der Waals surface area contributed by atoms with Gasteiger partial charge in [-0.3, -0.25) is 4.79 Å². The molecule has 0 aliphatic rings. The Balaban J connectivity index is 2.45. The van der Waals surface area contributed by atoms with E-state index in [2.05, 4.69) is 0 Å². The SMILES string of the molecule is CC(C)N(CCCC(=O)O)C(=O)OCc1ccccc1. The van der Waals surface area contributed by atoms with Crippen LogP contribution in [0.25, 0.3) is 0 Å². The van der Waals surface area contributed by atoms with E-state index in [4.69, 9.17) is 9.84 Å². The predicted molar refractivity (Wildman–Crippen MR) is 75.3 cm³/mol. The standard InChI is InChI=1S/C15H21NO4/c1-12(2)16(10-6-9-14(17)18)15(19)20-11-13-7-4-3-5-8-13/h3-5,7-8,12H,6,9-11H2,1-2H3,(H,17,18). The molecule has 0 aromatic heterocycles. The van der Waals surface area contributed by atoms with Crippen molar-refractivity contribution in [2.45, 2.75) is 39.3 Å². The number of rotatable bonds is 7. The Bertz CT molecular complexity index is 431. The zero-order valence-corrected chi connectivity index (χ0v) is 11.9. The normalized spacial score (nSPS) is 10.3. The summed E-state index contributed by atoms with van der Waals surface area (Å²) in [5.41, 5.74) is 0.926. The summed E-state index contributed by atoms with van der Waals surface area (Å²) in [6.07, 6.45) is 0.0672. The van der Waals surface area contributed by atoms with Gasteiger partial charge < -0.3 is 14.7 Å². The summed E-state index contributed by atoms with van der Waals surface area (Å²) in [4.78, 5) is 24.0.